The lowest BCUT2D eigenvalue weighted by Crippen LogP contribution is -2.50. The average molecular weight is 849 g/mol. The number of nitrogens with two attached hydrogens (primary N) is 1. The molecule has 2 unspecified atom stereocenters. The Morgan fingerprint density at radius 3 is 1.76 bits per heavy atom. The van der Waals surface area contributed by atoms with Crippen molar-refractivity contribution in [3.8, 4) is 0 Å². The van der Waals surface area contributed by atoms with Gasteiger partial charge in [-0.25, -0.2) is 0 Å². The molecule has 332 valence electrons. The SMILES string of the molecule is CCC(=O)CCC(=O)CCC(=O)NCCOCCOCCOCCOCCC(=O)CC(CSC(CC(=O)NCCC(=O)NC(C)(C)C(=O)CCCO)C(=O)O)C(N)=O. The molecule has 0 saturated carbocycles. The van der Waals surface area contributed by atoms with Gasteiger partial charge < -0.3 is 50.8 Å². The fourth-order valence-electron chi connectivity index (χ4n) is 4.79. The maximum absolute atomic E-state index is 12.5. The van der Waals surface area contributed by atoms with Crippen molar-refractivity contribution in [1.29, 1.82) is 0 Å². The van der Waals surface area contributed by atoms with E-state index < -0.39 is 46.8 Å². The van der Waals surface area contributed by atoms with Crippen molar-refractivity contribution in [3.63, 3.8) is 0 Å². The summed E-state index contributed by atoms with van der Waals surface area (Å²) in [6, 6.07) is 0. The van der Waals surface area contributed by atoms with Gasteiger partial charge in [-0.05, 0) is 20.3 Å². The number of Topliss-reactive ketones (excluding diaryl/α,β-unsaturated/α-hetero) is 4. The second kappa shape index (κ2) is 33.1. The fourth-order valence-corrected chi connectivity index (χ4v) is 5.95. The molecule has 0 radical (unpaired) electrons. The Morgan fingerprint density at radius 1 is 0.638 bits per heavy atom. The Kier molecular flexibility index (Phi) is 30.9. The van der Waals surface area contributed by atoms with Crippen molar-refractivity contribution < 1.29 is 72.3 Å². The first-order valence-electron chi connectivity index (χ1n) is 19.5. The van der Waals surface area contributed by atoms with E-state index in [1.807, 2.05) is 0 Å². The number of carbonyl (C=O) groups is 9. The number of ketones is 4. The third kappa shape index (κ3) is 29.4. The van der Waals surface area contributed by atoms with E-state index >= 15 is 0 Å². The lowest BCUT2D eigenvalue weighted by Gasteiger charge is -2.24. The molecule has 0 aromatic rings. The number of hydrogen-bond acceptors (Lipinski definition) is 15. The summed E-state index contributed by atoms with van der Waals surface area (Å²) in [5.41, 5.74) is 4.30. The van der Waals surface area contributed by atoms with Crippen molar-refractivity contribution in [1.82, 2.24) is 16.0 Å². The number of carbonyl (C=O) groups excluding carboxylic acids is 8. The van der Waals surface area contributed by atoms with Gasteiger partial charge in [0.2, 0.25) is 23.6 Å². The van der Waals surface area contributed by atoms with Crippen LogP contribution in [0, 0.1) is 5.92 Å². The maximum atomic E-state index is 12.5. The van der Waals surface area contributed by atoms with Gasteiger partial charge in [0.15, 0.2) is 5.78 Å². The zero-order chi connectivity index (χ0) is 43.8. The van der Waals surface area contributed by atoms with Crippen LogP contribution >= 0.6 is 11.8 Å². The van der Waals surface area contributed by atoms with E-state index in [0.29, 0.717) is 39.4 Å². The lowest BCUT2D eigenvalue weighted by molar-refractivity contribution is -0.138. The third-order valence-electron chi connectivity index (χ3n) is 8.32. The van der Waals surface area contributed by atoms with Gasteiger partial charge in [-0.2, -0.15) is 0 Å². The Labute approximate surface area is 344 Å². The van der Waals surface area contributed by atoms with E-state index in [-0.39, 0.29) is 132 Å². The molecule has 0 saturated heterocycles. The van der Waals surface area contributed by atoms with Gasteiger partial charge in [0.05, 0.1) is 64.3 Å². The average Bonchev–Trinajstić information content (AvgIpc) is 3.16. The number of aliphatic hydroxyl groups is 1. The topological polar surface area (TPSA) is 293 Å². The molecular formula is C38H64N4O15S. The van der Waals surface area contributed by atoms with Crippen LogP contribution in [-0.2, 0) is 62.1 Å². The molecule has 0 aromatic carbocycles. The van der Waals surface area contributed by atoms with E-state index in [9.17, 15) is 48.3 Å². The van der Waals surface area contributed by atoms with E-state index in [4.69, 9.17) is 29.8 Å². The number of nitrogens with one attached hydrogen (secondary N) is 3. The van der Waals surface area contributed by atoms with Crippen molar-refractivity contribution in [2.45, 2.75) is 102 Å². The Bertz CT molecular complexity index is 1310. The zero-order valence-electron chi connectivity index (χ0n) is 34.1. The first kappa shape index (κ1) is 54.2. The van der Waals surface area contributed by atoms with Crippen LogP contribution in [0.3, 0.4) is 0 Å². The molecule has 4 amide bonds. The minimum Gasteiger partial charge on any atom is -0.480 e. The molecule has 2 atom stereocenters. The minimum atomic E-state index is -1.30. The number of amides is 4. The highest BCUT2D eigenvalue weighted by Gasteiger charge is 2.29. The quantitative estimate of drug-likeness (QED) is 0.0446. The van der Waals surface area contributed by atoms with E-state index in [1.54, 1.807) is 6.92 Å². The number of carboxylic acids is 1. The van der Waals surface area contributed by atoms with Gasteiger partial charge in [0, 0.05) is 89.7 Å². The minimum absolute atomic E-state index is 0.00441. The summed E-state index contributed by atoms with van der Waals surface area (Å²) < 4.78 is 21.6. The molecule has 0 fully saturated rings. The second-order valence-electron chi connectivity index (χ2n) is 13.7. The van der Waals surface area contributed by atoms with Crippen molar-refractivity contribution >= 4 is 64.5 Å². The molecule has 7 N–H and O–H groups in total. The monoisotopic (exact) mass is 848 g/mol. The smallest absolute Gasteiger partial charge is 0.317 e. The number of hydrogen-bond donors (Lipinski definition) is 6. The molecule has 0 aliphatic carbocycles. The van der Waals surface area contributed by atoms with Crippen molar-refractivity contribution in [2.24, 2.45) is 11.7 Å². The van der Waals surface area contributed by atoms with E-state index in [0.717, 1.165) is 11.8 Å². The van der Waals surface area contributed by atoms with Crippen LogP contribution in [0.25, 0.3) is 0 Å². The Balaban J connectivity index is 4.08. The predicted octanol–water partition coefficient (Wildman–Crippen LogP) is 0.0476. The lowest BCUT2D eigenvalue weighted by atomic mass is 9.95. The summed E-state index contributed by atoms with van der Waals surface area (Å²) in [4.78, 5) is 108. The standard InChI is InChI=1S/C38H64N4O15S/c1-4-28(44)7-8-29(45)9-10-33(48)41-14-17-55-19-21-57-23-22-56-20-18-54-16-12-30(46)24-27(36(39)51)26-58-31(37(52)53)25-35(50)40-13-11-34(49)42-38(2,3)32(47)6-5-15-43/h27,31,43H,4-26H2,1-3H3,(H2,39,51)(H,40,50)(H,41,48)(H,42,49)(H,52,53). The third-order valence-corrected chi connectivity index (χ3v) is 9.69. The number of aliphatic carboxylic acids is 1. The molecule has 0 rings (SSSR count). The Hall–Kier alpha value is -3.82. The Morgan fingerprint density at radius 2 is 1.19 bits per heavy atom. The molecule has 0 heterocycles. The maximum Gasteiger partial charge on any atom is 0.317 e. The molecule has 0 aliphatic rings. The van der Waals surface area contributed by atoms with Gasteiger partial charge in [-0.15, -0.1) is 11.8 Å². The molecule has 0 bridgehead atoms. The van der Waals surface area contributed by atoms with Crippen LogP contribution in [-0.4, -0.2) is 152 Å². The van der Waals surface area contributed by atoms with Gasteiger partial charge in [0.1, 0.15) is 22.6 Å². The highest BCUT2D eigenvalue weighted by Crippen LogP contribution is 2.21. The highest BCUT2D eigenvalue weighted by molar-refractivity contribution is 8.00. The van der Waals surface area contributed by atoms with Crippen molar-refractivity contribution in [3.05, 3.63) is 0 Å². The summed E-state index contributed by atoms with van der Waals surface area (Å²) in [5.74, 6) is -5.21. The normalized spacial score (nSPS) is 12.3. The van der Waals surface area contributed by atoms with Gasteiger partial charge in [-0.3, -0.25) is 43.2 Å². The molecule has 20 heteroatoms. The van der Waals surface area contributed by atoms with Crippen LogP contribution < -0.4 is 21.7 Å². The number of ether oxygens (including phenoxy) is 4. The summed E-state index contributed by atoms with van der Waals surface area (Å²) in [7, 11) is 0. The molecule has 0 aliphatic heterocycles. The summed E-state index contributed by atoms with van der Waals surface area (Å²) >= 11 is 0.805. The number of aliphatic hydroxyl groups excluding tert-OH is 1. The van der Waals surface area contributed by atoms with Crippen LogP contribution in [0.15, 0.2) is 0 Å². The summed E-state index contributed by atoms with van der Waals surface area (Å²) in [6.45, 7) is 6.89. The second-order valence-corrected chi connectivity index (χ2v) is 14.9. The van der Waals surface area contributed by atoms with Gasteiger partial charge in [0.25, 0.3) is 0 Å². The van der Waals surface area contributed by atoms with Crippen molar-refractivity contribution in [2.75, 3.05) is 78.3 Å². The van der Waals surface area contributed by atoms with Crippen LogP contribution in [0.5, 0.6) is 0 Å². The van der Waals surface area contributed by atoms with Crippen LogP contribution in [0.1, 0.15) is 91.4 Å². The first-order valence-corrected chi connectivity index (χ1v) is 20.6. The van der Waals surface area contributed by atoms with Gasteiger partial charge >= 0.3 is 5.97 Å². The number of rotatable bonds is 39. The first-order chi connectivity index (χ1) is 27.5. The van der Waals surface area contributed by atoms with E-state index in [2.05, 4.69) is 16.0 Å². The molecule has 0 spiro atoms. The van der Waals surface area contributed by atoms with Crippen LogP contribution in [0.4, 0.5) is 0 Å². The largest absolute Gasteiger partial charge is 0.480 e. The highest BCUT2D eigenvalue weighted by atomic mass is 32.2. The number of primary amides is 1. The zero-order valence-corrected chi connectivity index (χ0v) is 34.9. The summed E-state index contributed by atoms with van der Waals surface area (Å²) in [5, 5.41) is 25.0. The van der Waals surface area contributed by atoms with Crippen LogP contribution in [0.2, 0.25) is 0 Å². The number of carboxylic acid groups (broad SMARTS) is 1. The molecular weight excluding hydrogens is 784 g/mol. The molecule has 0 aromatic heterocycles. The predicted molar refractivity (Wildman–Crippen MR) is 212 cm³/mol. The van der Waals surface area contributed by atoms with Gasteiger partial charge in [-0.1, -0.05) is 6.92 Å². The summed E-state index contributed by atoms with van der Waals surface area (Å²) in [6.07, 6.45) is 0.474. The molecule has 58 heavy (non-hydrogen) atoms. The number of thioether (sulfide) groups is 1. The fraction of sp³-hybridized carbons (Fsp3) is 0.763. The molecule has 19 nitrogen and oxygen atoms in total. The van der Waals surface area contributed by atoms with E-state index in [1.165, 1.54) is 13.8 Å².